The fourth-order valence-electron chi connectivity index (χ4n) is 2.85. The van der Waals surface area contributed by atoms with Crippen molar-refractivity contribution >= 4 is 23.5 Å². The maximum absolute atomic E-state index is 11.8. The highest BCUT2D eigenvalue weighted by Crippen LogP contribution is 2.27. The van der Waals surface area contributed by atoms with Gasteiger partial charge in [0.25, 0.3) is 0 Å². The predicted molar refractivity (Wildman–Crippen MR) is 92.9 cm³/mol. The van der Waals surface area contributed by atoms with Crippen molar-refractivity contribution in [3.8, 4) is 0 Å². The number of ether oxygens (including phenoxy) is 1. The molecule has 5 nitrogen and oxygen atoms in total. The quantitative estimate of drug-likeness (QED) is 0.806. The van der Waals surface area contributed by atoms with E-state index in [1.807, 2.05) is 32.9 Å². The maximum atomic E-state index is 11.8. The number of amides is 1. The second-order valence-electron chi connectivity index (χ2n) is 7.02. The Balaban J connectivity index is 1.89. The minimum Gasteiger partial charge on any atom is -0.444 e. The Hall–Kier alpha value is -1.49. The molecular formula is C17H26ClN3O2. The first-order chi connectivity index (χ1) is 10.8. The van der Waals surface area contributed by atoms with E-state index in [0.29, 0.717) is 17.6 Å². The molecule has 2 unspecified atom stereocenters. The summed E-state index contributed by atoms with van der Waals surface area (Å²) in [6.07, 6.45) is 4.15. The number of rotatable bonds is 4. The number of hydrogen-bond acceptors (Lipinski definition) is 4. The van der Waals surface area contributed by atoms with Gasteiger partial charge in [0.2, 0.25) is 0 Å². The lowest BCUT2D eigenvalue weighted by Gasteiger charge is -2.33. The Morgan fingerprint density at radius 2 is 2.09 bits per heavy atom. The van der Waals surface area contributed by atoms with E-state index in [-0.39, 0.29) is 12.1 Å². The first kappa shape index (κ1) is 17.9. The van der Waals surface area contributed by atoms with Gasteiger partial charge in [-0.3, -0.25) is 0 Å². The van der Waals surface area contributed by atoms with Gasteiger partial charge >= 0.3 is 6.09 Å². The van der Waals surface area contributed by atoms with Gasteiger partial charge in [-0.25, -0.2) is 9.78 Å². The van der Waals surface area contributed by atoms with Crippen molar-refractivity contribution < 1.29 is 9.53 Å². The van der Waals surface area contributed by atoms with Crippen LogP contribution in [0.15, 0.2) is 18.2 Å². The van der Waals surface area contributed by atoms with E-state index in [4.69, 9.17) is 16.3 Å². The van der Waals surface area contributed by atoms with Gasteiger partial charge in [0.15, 0.2) is 0 Å². The smallest absolute Gasteiger partial charge is 0.407 e. The summed E-state index contributed by atoms with van der Waals surface area (Å²) in [7, 11) is 0. The summed E-state index contributed by atoms with van der Waals surface area (Å²) >= 11 is 5.94. The number of nitrogens with one attached hydrogen (secondary N) is 2. The molecule has 0 aliphatic heterocycles. The zero-order valence-electron chi connectivity index (χ0n) is 14.1. The van der Waals surface area contributed by atoms with Crippen LogP contribution in [0.1, 0.15) is 46.5 Å². The van der Waals surface area contributed by atoms with Gasteiger partial charge in [-0.05, 0) is 51.7 Å². The molecule has 1 heterocycles. The molecule has 1 aromatic rings. The summed E-state index contributed by atoms with van der Waals surface area (Å²) in [6.45, 7) is 6.19. The lowest BCUT2D eigenvalue weighted by Crippen LogP contribution is -2.42. The van der Waals surface area contributed by atoms with E-state index in [0.717, 1.165) is 18.7 Å². The van der Waals surface area contributed by atoms with Crippen molar-refractivity contribution in [2.24, 2.45) is 5.92 Å². The average molecular weight is 340 g/mol. The third-order valence-electron chi connectivity index (χ3n) is 3.86. The zero-order valence-corrected chi connectivity index (χ0v) is 14.8. The van der Waals surface area contributed by atoms with Crippen molar-refractivity contribution in [3.05, 3.63) is 23.4 Å². The highest BCUT2D eigenvalue weighted by atomic mass is 35.5. The van der Waals surface area contributed by atoms with Gasteiger partial charge in [-0.2, -0.15) is 0 Å². The summed E-state index contributed by atoms with van der Waals surface area (Å²) in [5.41, 5.74) is -0.473. The monoisotopic (exact) mass is 339 g/mol. The molecule has 0 radical (unpaired) electrons. The topological polar surface area (TPSA) is 63.2 Å². The number of aromatic nitrogens is 1. The largest absolute Gasteiger partial charge is 0.444 e. The summed E-state index contributed by atoms with van der Waals surface area (Å²) in [4.78, 5) is 16.1. The lowest BCUT2D eigenvalue weighted by atomic mass is 9.84. The van der Waals surface area contributed by atoms with Crippen LogP contribution in [0.2, 0.25) is 5.15 Å². The van der Waals surface area contributed by atoms with Crippen LogP contribution >= 0.6 is 11.6 Å². The van der Waals surface area contributed by atoms with Gasteiger partial charge < -0.3 is 15.4 Å². The average Bonchev–Trinajstić information content (AvgIpc) is 2.44. The standard InChI is InChI=1S/C17H26ClN3O2/c1-17(2,3)23-16(22)19-11-12-7-4-5-8-13(12)20-15-10-6-9-14(18)21-15/h6,9-10,12-13H,4-5,7-8,11H2,1-3H3,(H,19,22)(H,20,21). The molecule has 1 aliphatic carbocycles. The van der Waals surface area contributed by atoms with E-state index in [1.54, 1.807) is 6.07 Å². The summed E-state index contributed by atoms with van der Waals surface area (Å²) in [5.74, 6) is 1.14. The van der Waals surface area contributed by atoms with Crippen LogP contribution in [0.5, 0.6) is 0 Å². The number of alkyl carbamates (subject to hydrolysis) is 1. The number of nitrogens with zero attached hydrogens (tertiary/aromatic N) is 1. The van der Waals surface area contributed by atoms with Crippen molar-refractivity contribution in [1.82, 2.24) is 10.3 Å². The van der Waals surface area contributed by atoms with E-state index in [2.05, 4.69) is 15.6 Å². The third-order valence-corrected chi connectivity index (χ3v) is 4.08. The van der Waals surface area contributed by atoms with Gasteiger partial charge in [0.1, 0.15) is 16.6 Å². The van der Waals surface area contributed by atoms with Gasteiger partial charge in [0, 0.05) is 12.6 Å². The molecule has 0 aromatic carbocycles. The number of hydrogen-bond donors (Lipinski definition) is 2. The first-order valence-corrected chi connectivity index (χ1v) is 8.57. The highest BCUT2D eigenvalue weighted by Gasteiger charge is 2.26. The number of carbonyl (C=O) groups excluding carboxylic acids is 1. The molecule has 2 atom stereocenters. The molecule has 0 bridgehead atoms. The van der Waals surface area contributed by atoms with Crippen LogP contribution in [-0.4, -0.2) is 29.3 Å². The normalized spacial score (nSPS) is 21.6. The Morgan fingerprint density at radius 3 is 2.78 bits per heavy atom. The Labute approximate surface area is 143 Å². The number of anilines is 1. The molecule has 2 rings (SSSR count). The molecule has 6 heteroatoms. The molecule has 1 saturated carbocycles. The minimum atomic E-state index is -0.473. The Bertz CT molecular complexity index is 531. The SMILES string of the molecule is CC(C)(C)OC(=O)NCC1CCCCC1Nc1cccc(Cl)n1. The van der Waals surface area contributed by atoms with Crippen LogP contribution in [0, 0.1) is 5.92 Å². The molecular weight excluding hydrogens is 314 g/mol. The lowest BCUT2D eigenvalue weighted by molar-refractivity contribution is 0.0514. The molecule has 128 valence electrons. The van der Waals surface area contributed by atoms with Crippen LogP contribution in [0.3, 0.4) is 0 Å². The molecule has 0 saturated heterocycles. The van der Waals surface area contributed by atoms with Crippen molar-refractivity contribution in [2.75, 3.05) is 11.9 Å². The molecule has 1 fully saturated rings. The predicted octanol–water partition coefficient (Wildman–Crippen LogP) is 4.23. The molecule has 1 aliphatic rings. The van der Waals surface area contributed by atoms with Crippen molar-refractivity contribution in [2.45, 2.75) is 58.1 Å². The highest BCUT2D eigenvalue weighted by molar-refractivity contribution is 6.29. The number of pyridine rings is 1. The number of halogens is 1. The third kappa shape index (κ3) is 6.26. The van der Waals surface area contributed by atoms with E-state index < -0.39 is 5.60 Å². The fraction of sp³-hybridized carbons (Fsp3) is 0.647. The second kappa shape index (κ2) is 7.86. The Kier molecular flexibility index (Phi) is 6.10. The zero-order chi connectivity index (χ0) is 16.9. The molecule has 1 amide bonds. The Morgan fingerprint density at radius 1 is 1.35 bits per heavy atom. The van der Waals surface area contributed by atoms with Gasteiger partial charge in [0.05, 0.1) is 0 Å². The van der Waals surface area contributed by atoms with E-state index in [1.165, 1.54) is 12.8 Å². The van der Waals surface area contributed by atoms with E-state index >= 15 is 0 Å². The molecule has 23 heavy (non-hydrogen) atoms. The second-order valence-corrected chi connectivity index (χ2v) is 7.41. The number of carbonyl (C=O) groups is 1. The molecule has 2 N–H and O–H groups in total. The van der Waals surface area contributed by atoms with Gasteiger partial charge in [-0.15, -0.1) is 0 Å². The van der Waals surface area contributed by atoms with Crippen LogP contribution in [-0.2, 0) is 4.74 Å². The van der Waals surface area contributed by atoms with Gasteiger partial charge in [-0.1, -0.05) is 30.5 Å². The summed E-state index contributed by atoms with van der Waals surface area (Å²) in [5, 5.41) is 6.83. The first-order valence-electron chi connectivity index (χ1n) is 8.19. The maximum Gasteiger partial charge on any atom is 0.407 e. The summed E-state index contributed by atoms with van der Waals surface area (Å²) < 4.78 is 5.30. The van der Waals surface area contributed by atoms with Crippen LogP contribution < -0.4 is 10.6 Å². The van der Waals surface area contributed by atoms with Crippen molar-refractivity contribution in [3.63, 3.8) is 0 Å². The summed E-state index contributed by atoms with van der Waals surface area (Å²) in [6, 6.07) is 5.84. The van der Waals surface area contributed by atoms with Crippen LogP contribution in [0.25, 0.3) is 0 Å². The van der Waals surface area contributed by atoms with Crippen LogP contribution in [0.4, 0.5) is 10.6 Å². The minimum absolute atomic E-state index is 0.282. The van der Waals surface area contributed by atoms with Crippen molar-refractivity contribution in [1.29, 1.82) is 0 Å². The van der Waals surface area contributed by atoms with E-state index in [9.17, 15) is 4.79 Å². The fourth-order valence-corrected chi connectivity index (χ4v) is 3.01. The molecule has 0 spiro atoms. The molecule has 1 aromatic heterocycles.